The van der Waals surface area contributed by atoms with E-state index in [9.17, 15) is 0 Å². The molecule has 0 fully saturated rings. The summed E-state index contributed by atoms with van der Waals surface area (Å²) < 4.78 is 1.50. The second-order valence-corrected chi connectivity index (χ2v) is 4.40. The highest BCUT2D eigenvalue weighted by Gasteiger charge is 2.08. The van der Waals surface area contributed by atoms with E-state index in [0.29, 0.717) is 4.05 Å². The lowest BCUT2D eigenvalue weighted by atomic mass is 10.5. The molecule has 0 aromatic rings. The highest BCUT2D eigenvalue weighted by molar-refractivity contribution is 14.1. The van der Waals surface area contributed by atoms with Crippen LogP contribution in [0.4, 0.5) is 0 Å². The van der Waals surface area contributed by atoms with Gasteiger partial charge in [-0.25, -0.2) is 5.84 Å². The molecule has 0 radical (unpaired) electrons. The number of rotatable bonds is 3. The van der Waals surface area contributed by atoms with Crippen molar-refractivity contribution in [3.63, 3.8) is 0 Å². The SMILES string of the molecule is C/C=C(\I)N(N)C(I)CC. The molecule has 0 aliphatic heterocycles. The molecule has 0 saturated carbocycles. The van der Waals surface area contributed by atoms with Gasteiger partial charge in [0.1, 0.15) is 0 Å². The van der Waals surface area contributed by atoms with Gasteiger partial charge in [-0.15, -0.1) is 0 Å². The Labute approximate surface area is 89.5 Å². The normalized spacial score (nSPS) is 15.1. The fourth-order valence-corrected chi connectivity index (χ4v) is 1.65. The van der Waals surface area contributed by atoms with E-state index in [-0.39, 0.29) is 0 Å². The first-order valence-electron chi connectivity index (χ1n) is 3.13. The Morgan fingerprint density at radius 1 is 1.80 bits per heavy atom. The lowest BCUT2D eigenvalue weighted by Gasteiger charge is -2.22. The lowest BCUT2D eigenvalue weighted by molar-refractivity contribution is 0.371. The summed E-state index contributed by atoms with van der Waals surface area (Å²) in [6.45, 7) is 4.11. The monoisotopic (exact) mass is 366 g/mol. The van der Waals surface area contributed by atoms with Crippen molar-refractivity contribution in [1.82, 2.24) is 5.01 Å². The summed E-state index contributed by atoms with van der Waals surface area (Å²) in [6.07, 6.45) is 3.07. The fraction of sp³-hybridized carbons (Fsp3) is 0.667. The average molecular weight is 366 g/mol. The van der Waals surface area contributed by atoms with Crippen LogP contribution in [0, 0.1) is 0 Å². The van der Waals surface area contributed by atoms with Crippen LogP contribution in [0.2, 0.25) is 0 Å². The largest absolute Gasteiger partial charge is 0.293 e. The molecule has 10 heavy (non-hydrogen) atoms. The highest BCUT2D eigenvalue weighted by Crippen LogP contribution is 2.17. The zero-order valence-electron chi connectivity index (χ0n) is 6.14. The van der Waals surface area contributed by atoms with Crippen LogP contribution in [0.3, 0.4) is 0 Å². The predicted octanol–water partition coefficient (Wildman–Crippen LogP) is 2.63. The number of nitrogens with two attached hydrogens (primary N) is 1. The van der Waals surface area contributed by atoms with Gasteiger partial charge in [0.05, 0.1) is 7.75 Å². The van der Waals surface area contributed by atoms with Crippen LogP contribution in [0.1, 0.15) is 20.3 Å². The number of allylic oxidation sites excluding steroid dienone is 1. The van der Waals surface area contributed by atoms with Crippen molar-refractivity contribution in [3.8, 4) is 0 Å². The van der Waals surface area contributed by atoms with Crippen LogP contribution in [0.15, 0.2) is 9.78 Å². The molecule has 0 aliphatic rings. The number of hydrogen-bond acceptors (Lipinski definition) is 2. The summed E-state index contributed by atoms with van der Waals surface area (Å²) in [6, 6.07) is 0. The first-order chi connectivity index (χ1) is 4.63. The summed E-state index contributed by atoms with van der Waals surface area (Å²) >= 11 is 4.55. The van der Waals surface area contributed by atoms with Crippen molar-refractivity contribution in [1.29, 1.82) is 0 Å². The Hall–Kier alpha value is 0.960. The van der Waals surface area contributed by atoms with Gasteiger partial charge in [-0.2, -0.15) is 0 Å². The molecule has 2 nitrogen and oxygen atoms in total. The van der Waals surface area contributed by atoms with Gasteiger partial charge in [-0.05, 0) is 35.9 Å². The summed E-state index contributed by atoms with van der Waals surface area (Å²) in [4.78, 5) is 0. The van der Waals surface area contributed by atoms with Crippen molar-refractivity contribution in [2.45, 2.75) is 24.3 Å². The van der Waals surface area contributed by atoms with E-state index in [0.717, 1.165) is 10.1 Å². The van der Waals surface area contributed by atoms with Crippen LogP contribution in [0.25, 0.3) is 0 Å². The van der Waals surface area contributed by atoms with Crippen molar-refractivity contribution in [3.05, 3.63) is 9.78 Å². The van der Waals surface area contributed by atoms with Crippen molar-refractivity contribution in [2.75, 3.05) is 0 Å². The van der Waals surface area contributed by atoms with Crippen LogP contribution in [-0.2, 0) is 0 Å². The van der Waals surface area contributed by atoms with Crippen LogP contribution in [-0.4, -0.2) is 9.06 Å². The minimum absolute atomic E-state index is 0.403. The number of nitrogens with zero attached hydrogens (tertiary/aromatic N) is 1. The molecule has 1 atom stereocenters. The van der Waals surface area contributed by atoms with Gasteiger partial charge in [0.15, 0.2) is 0 Å². The Kier molecular flexibility index (Phi) is 6.13. The van der Waals surface area contributed by atoms with Crippen molar-refractivity contribution < 1.29 is 0 Å². The van der Waals surface area contributed by atoms with Crippen LogP contribution >= 0.6 is 45.2 Å². The molecule has 0 amide bonds. The molecule has 0 heterocycles. The minimum Gasteiger partial charge on any atom is -0.293 e. The summed E-state index contributed by atoms with van der Waals surface area (Å²) in [5, 5.41) is 1.78. The molecular formula is C6H12I2N2. The molecule has 1 unspecified atom stereocenters. The second-order valence-electron chi connectivity index (χ2n) is 1.86. The van der Waals surface area contributed by atoms with Gasteiger partial charge in [-0.3, -0.25) is 5.01 Å². The third-order valence-electron chi connectivity index (χ3n) is 1.12. The number of hydrogen-bond donors (Lipinski definition) is 1. The van der Waals surface area contributed by atoms with E-state index in [1.54, 1.807) is 5.01 Å². The molecule has 0 aromatic carbocycles. The van der Waals surface area contributed by atoms with E-state index >= 15 is 0 Å². The number of hydrazine groups is 1. The number of alkyl halides is 1. The molecule has 60 valence electrons. The van der Waals surface area contributed by atoms with Gasteiger partial charge < -0.3 is 0 Å². The first kappa shape index (κ1) is 11.0. The minimum atomic E-state index is 0.403. The van der Waals surface area contributed by atoms with E-state index in [2.05, 4.69) is 52.1 Å². The van der Waals surface area contributed by atoms with Crippen molar-refractivity contribution >= 4 is 45.2 Å². The van der Waals surface area contributed by atoms with E-state index < -0.39 is 0 Å². The van der Waals surface area contributed by atoms with Gasteiger partial charge >= 0.3 is 0 Å². The predicted molar refractivity (Wildman–Crippen MR) is 61.9 cm³/mol. The Morgan fingerprint density at radius 2 is 2.30 bits per heavy atom. The van der Waals surface area contributed by atoms with E-state index in [1.165, 1.54) is 0 Å². The maximum atomic E-state index is 5.73. The van der Waals surface area contributed by atoms with Gasteiger partial charge in [-0.1, -0.05) is 35.6 Å². The zero-order valence-corrected chi connectivity index (χ0v) is 10.5. The third kappa shape index (κ3) is 3.38. The molecule has 0 spiro atoms. The summed E-state index contributed by atoms with van der Waals surface area (Å²) in [5.74, 6) is 5.73. The zero-order chi connectivity index (χ0) is 8.15. The molecule has 0 rings (SSSR count). The summed E-state index contributed by atoms with van der Waals surface area (Å²) in [5.41, 5.74) is 0. The maximum absolute atomic E-state index is 5.73. The highest BCUT2D eigenvalue weighted by atomic mass is 127. The lowest BCUT2D eigenvalue weighted by Crippen LogP contribution is -2.34. The average Bonchev–Trinajstić information content (AvgIpc) is 2.00. The van der Waals surface area contributed by atoms with Gasteiger partial charge in [0, 0.05) is 0 Å². The van der Waals surface area contributed by atoms with Crippen LogP contribution in [0.5, 0.6) is 0 Å². The molecular weight excluding hydrogens is 354 g/mol. The van der Waals surface area contributed by atoms with E-state index in [1.807, 2.05) is 13.0 Å². The van der Waals surface area contributed by atoms with Gasteiger partial charge in [0.25, 0.3) is 0 Å². The first-order valence-corrected chi connectivity index (χ1v) is 5.45. The standard InChI is InChI=1S/C6H12I2N2/c1-3-5(7)10(9)6(8)4-2/h3,6H,4,9H2,1-2H3/b5-3+. The Bertz CT molecular complexity index is 125. The molecule has 0 saturated heterocycles. The van der Waals surface area contributed by atoms with Gasteiger partial charge in [0.2, 0.25) is 0 Å². The molecule has 0 aliphatic carbocycles. The molecule has 0 bridgehead atoms. The maximum Gasteiger partial charge on any atom is 0.0966 e. The van der Waals surface area contributed by atoms with E-state index in [4.69, 9.17) is 5.84 Å². The topological polar surface area (TPSA) is 29.3 Å². The Morgan fingerprint density at radius 3 is 2.60 bits per heavy atom. The van der Waals surface area contributed by atoms with Crippen LogP contribution < -0.4 is 5.84 Å². The number of halogens is 2. The quantitative estimate of drug-likeness (QED) is 0.274. The molecule has 2 N–H and O–H groups in total. The second kappa shape index (κ2) is 5.59. The Balaban J connectivity index is 3.94. The summed E-state index contributed by atoms with van der Waals surface area (Å²) in [7, 11) is 0. The smallest absolute Gasteiger partial charge is 0.0966 e. The third-order valence-corrected chi connectivity index (χ3v) is 3.78. The molecule has 0 aromatic heterocycles. The van der Waals surface area contributed by atoms with Crippen molar-refractivity contribution in [2.24, 2.45) is 5.84 Å². The molecule has 4 heteroatoms. The fourth-order valence-electron chi connectivity index (χ4n) is 0.480.